The summed E-state index contributed by atoms with van der Waals surface area (Å²) in [5, 5.41) is 0. The van der Waals surface area contributed by atoms with Crippen LogP contribution in [0.1, 0.15) is 5.56 Å². The molecule has 1 aromatic heterocycles. The van der Waals surface area contributed by atoms with Crippen molar-refractivity contribution in [1.29, 1.82) is 0 Å². The van der Waals surface area contributed by atoms with Gasteiger partial charge in [-0.05, 0) is 17.8 Å². The first kappa shape index (κ1) is 12.0. The van der Waals surface area contributed by atoms with E-state index in [1.54, 1.807) is 4.57 Å². The Kier molecular flexibility index (Phi) is 2.91. The van der Waals surface area contributed by atoms with Gasteiger partial charge in [0.15, 0.2) is 16.4 Å². The van der Waals surface area contributed by atoms with Crippen molar-refractivity contribution in [3.05, 3.63) is 64.4 Å². The molecule has 2 aromatic carbocycles. The first-order valence-electron chi connectivity index (χ1n) is 5.76. The SMILES string of the molecule is Fc1cc2[nH]c(=S)n(Cc3ccccc3)c2cc1F. The van der Waals surface area contributed by atoms with Crippen molar-refractivity contribution in [2.75, 3.05) is 0 Å². The van der Waals surface area contributed by atoms with E-state index in [1.165, 1.54) is 6.07 Å². The standard InChI is InChI=1S/C14H10F2N2S/c15-10-6-12-13(7-11(10)16)18(14(19)17-12)8-9-4-2-1-3-5-9/h1-7H,8H2,(H,17,19). The smallest absolute Gasteiger partial charge is 0.178 e. The highest BCUT2D eigenvalue weighted by Crippen LogP contribution is 2.19. The van der Waals surface area contributed by atoms with Gasteiger partial charge < -0.3 is 9.55 Å². The summed E-state index contributed by atoms with van der Waals surface area (Å²) < 4.78 is 28.7. The summed E-state index contributed by atoms with van der Waals surface area (Å²) in [4.78, 5) is 2.89. The van der Waals surface area contributed by atoms with Crippen molar-refractivity contribution in [3.63, 3.8) is 0 Å². The normalized spacial score (nSPS) is 11.1. The van der Waals surface area contributed by atoms with Crippen LogP contribution in [0.4, 0.5) is 8.78 Å². The van der Waals surface area contributed by atoms with Crippen LogP contribution in [0.15, 0.2) is 42.5 Å². The van der Waals surface area contributed by atoms with Crippen molar-refractivity contribution in [2.24, 2.45) is 0 Å². The maximum Gasteiger partial charge on any atom is 0.178 e. The first-order chi connectivity index (χ1) is 9.15. The van der Waals surface area contributed by atoms with Crippen LogP contribution in [0, 0.1) is 16.4 Å². The highest BCUT2D eigenvalue weighted by atomic mass is 32.1. The second-order valence-electron chi connectivity index (χ2n) is 4.29. The highest BCUT2D eigenvalue weighted by Gasteiger charge is 2.10. The molecule has 0 fully saturated rings. The summed E-state index contributed by atoms with van der Waals surface area (Å²) in [5.74, 6) is -1.75. The minimum Gasteiger partial charge on any atom is -0.330 e. The molecule has 0 aliphatic rings. The number of hydrogen-bond acceptors (Lipinski definition) is 1. The largest absolute Gasteiger partial charge is 0.330 e. The third-order valence-electron chi connectivity index (χ3n) is 3.00. The number of nitrogens with zero attached hydrogens (tertiary/aromatic N) is 1. The lowest BCUT2D eigenvalue weighted by Gasteiger charge is -2.04. The highest BCUT2D eigenvalue weighted by molar-refractivity contribution is 7.71. The summed E-state index contributed by atoms with van der Waals surface area (Å²) in [7, 11) is 0. The molecule has 2 nitrogen and oxygen atoms in total. The first-order valence-corrected chi connectivity index (χ1v) is 6.17. The third-order valence-corrected chi connectivity index (χ3v) is 3.32. The minimum absolute atomic E-state index is 0.448. The van der Waals surface area contributed by atoms with Crippen LogP contribution in [0.3, 0.4) is 0 Å². The van der Waals surface area contributed by atoms with Crippen molar-refractivity contribution in [1.82, 2.24) is 9.55 Å². The monoisotopic (exact) mass is 276 g/mol. The molecule has 0 spiro atoms. The molecule has 3 rings (SSSR count). The van der Waals surface area contributed by atoms with Gasteiger partial charge >= 0.3 is 0 Å². The Balaban J connectivity index is 2.16. The zero-order valence-electron chi connectivity index (χ0n) is 9.86. The van der Waals surface area contributed by atoms with Crippen LogP contribution >= 0.6 is 12.2 Å². The van der Waals surface area contributed by atoms with E-state index in [4.69, 9.17) is 12.2 Å². The molecule has 0 aliphatic carbocycles. The van der Waals surface area contributed by atoms with Gasteiger partial charge in [0, 0.05) is 12.1 Å². The maximum atomic E-state index is 13.3. The Hall–Kier alpha value is -2.01. The average Bonchev–Trinajstić information content (AvgIpc) is 2.68. The summed E-state index contributed by atoms with van der Waals surface area (Å²) >= 11 is 5.20. The number of fused-ring (bicyclic) bond motifs is 1. The number of aromatic nitrogens is 2. The molecule has 0 saturated heterocycles. The predicted octanol–water partition coefficient (Wildman–Crippen LogP) is 4.03. The van der Waals surface area contributed by atoms with Gasteiger partial charge in [0.25, 0.3) is 0 Å². The van der Waals surface area contributed by atoms with E-state index < -0.39 is 11.6 Å². The van der Waals surface area contributed by atoms with Gasteiger partial charge in [0.2, 0.25) is 0 Å². The van der Waals surface area contributed by atoms with Crippen LogP contribution in [-0.2, 0) is 6.54 Å². The zero-order valence-corrected chi connectivity index (χ0v) is 10.7. The number of aromatic amines is 1. The van der Waals surface area contributed by atoms with Crippen LogP contribution in [-0.4, -0.2) is 9.55 Å². The molecule has 19 heavy (non-hydrogen) atoms. The fourth-order valence-corrected chi connectivity index (χ4v) is 2.35. The minimum atomic E-state index is -0.879. The number of halogens is 2. The molecule has 5 heteroatoms. The van der Waals surface area contributed by atoms with E-state index in [2.05, 4.69) is 4.98 Å². The van der Waals surface area contributed by atoms with Crippen molar-refractivity contribution < 1.29 is 8.78 Å². The molecular weight excluding hydrogens is 266 g/mol. The molecular formula is C14H10F2N2S. The van der Waals surface area contributed by atoms with E-state index in [0.29, 0.717) is 22.3 Å². The lowest BCUT2D eigenvalue weighted by atomic mass is 10.2. The summed E-state index contributed by atoms with van der Waals surface area (Å²) in [5.41, 5.74) is 2.11. The van der Waals surface area contributed by atoms with E-state index >= 15 is 0 Å². The van der Waals surface area contributed by atoms with Crippen LogP contribution in [0.2, 0.25) is 0 Å². The summed E-state index contributed by atoms with van der Waals surface area (Å²) in [6, 6.07) is 12.0. The van der Waals surface area contributed by atoms with Gasteiger partial charge in [0.1, 0.15) is 0 Å². The summed E-state index contributed by atoms with van der Waals surface area (Å²) in [6.07, 6.45) is 0. The molecule has 0 atom stereocenters. The van der Waals surface area contributed by atoms with E-state index in [0.717, 1.165) is 11.6 Å². The lowest BCUT2D eigenvalue weighted by Crippen LogP contribution is -1.99. The molecule has 1 N–H and O–H groups in total. The summed E-state index contributed by atoms with van der Waals surface area (Å²) in [6.45, 7) is 0.519. The molecule has 0 bridgehead atoms. The van der Waals surface area contributed by atoms with Gasteiger partial charge in [-0.1, -0.05) is 30.3 Å². The average molecular weight is 276 g/mol. The lowest BCUT2D eigenvalue weighted by molar-refractivity contribution is 0.510. The number of rotatable bonds is 2. The Morgan fingerprint density at radius 3 is 2.47 bits per heavy atom. The second-order valence-corrected chi connectivity index (χ2v) is 4.67. The number of imidazole rings is 1. The van der Waals surface area contributed by atoms with Crippen LogP contribution < -0.4 is 0 Å². The van der Waals surface area contributed by atoms with Crippen LogP contribution in [0.5, 0.6) is 0 Å². The molecule has 0 radical (unpaired) electrons. The quantitative estimate of drug-likeness (QED) is 0.701. The number of nitrogens with one attached hydrogen (secondary N) is 1. The van der Waals surface area contributed by atoms with E-state index in [-0.39, 0.29) is 0 Å². The Morgan fingerprint density at radius 1 is 1.05 bits per heavy atom. The number of H-pyrrole nitrogens is 1. The zero-order chi connectivity index (χ0) is 13.4. The number of hydrogen-bond donors (Lipinski definition) is 1. The molecule has 0 aliphatic heterocycles. The van der Waals surface area contributed by atoms with E-state index in [1.807, 2.05) is 30.3 Å². The Morgan fingerprint density at radius 2 is 1.74 bits per heavy atom. The van der Waals surface area contributed by atoms with Crippen molar-refractivity contribution in [3.8, 4) is 0 Å². The molecule has 96 valence electrons. The number of benzene rings is 2. The van der Waals surface area contributed by atoms with Gasteiger partial charge in [-0.2, -0.15) is 0 Å². The Labute approximate surface area is 113 Å². The topological polar surface area (TPSA) is 20.7 Å². The second kappa shape index (κ2) is 4.59. The fraction of sp³-hybridized carbons (Fsp3) is 0.0714. The van der Waals surface area contributed by atoms with Gasteiger partial charge in [-0.15, -0.1) is 0 Å². The predicted molar refractivity (Wildman–Crippen MR) is 72.6 cm³/mol. The molecule has 3 aromatic rings. The molecule has 1 heterocycles. The van der Waals surface area contributed by atoms with Gasteiger partial charge in [-0.25, -0.2) is 8.78 Å². The van der Waals surface area contributed by atoms with Gasteiger partial charge in [-0.3, -0.25) is 0 Å². The third kappa shape index (κ3) is 2.17. The van der Waals surface area contributed by atoms with Crippen molar-refractivity contribution >= 4 is 23.3 Å². The maximum absolute atomic E-state index is 13.3. The van der Waals surface area contributed by atoms with Crippen LogP contribution in [0.25, 0.3) is 11.0 Å². The molecule has 0 saturated carbocycles. The van der Waals surface area contributed by atoms with Gasteiger partial charge in [0.05, 0.1) is 17.6 Å². The molecule has 0 amide bonds. The van der Waals surface area contributed by atoms with Crippen molar-refractivity contribution in [2.45, 2.75) is 6.54 Å². The fourth-order valence-electron chi connectivity index (χ4n) is 2.07. The molecule has 0 unspecified atom stereocenters. The Bertz CT molecular complexity index is 790. The van der Waals surface area contributed by atoms with E-state index in [9.17, 15) is 8.78 Å².